The largest absolute Gasteiger partial charge is 0.452 e. The highest BCUT2D eigenvalue weighted by atomic mass is 32.2. The third-order valence-electron chi connectivity index (χ3n) is 5.27. The van der Waals surface area contributed by atoms with Crippen LogP contribution in [0.2, 0.25) is 0 Å². The number of carbonyl (C=O) groups is 2. The van der Waals surface area contributed by atoms with Gasteiger partial charge in [-0.3, -0.25) is 4.79 Å². The highest BCUT2D eigenvalue weighted by Crippen LogP contribution is 2.22. The third kappa shape index (κ3) is 4.52. The van der Waals surface area contributed by atoms with E-state index in [1.165, 1.54) is 0 Å². The number of amides is 1. The Bertz CT molecular complexity index is 985. The Kier molecular flexibility index (Phi) is 6.03. The van der Waals surface area contributed by atoms with Gasteiger partial charge in [-0.2, -0.15) is 0 Å². The molecule has 3 rings (SSSR count). The van der Waals surface area contributed by atoms with E-state index in [2.05, 4.69) is 0 Å². The van der Waals surface area contributed by atoms with Crippen molar-refractivity contribution in [1.29, 1.82) is 0 Å². The van der Waals surface area contributed by atoms with E-state index in [-0.39, 0.29) is 29.5 Å². The van der Waals surface area contributed by atoms with Gasteiger partial charge in [0.05, 0.1) is 17.1 Å². The van der Waals surface area contributed by atoms with Crippen LogP contribution in [0.3, 0.4) is 0 Å². The molecule has 1 fully saturated rings. The van der Waals surface area contributed by atoms with Crippen LogP contribution in [0.5, 0.6) is 0 Å². The molecule has 2 aromatic carbocycles. The van der Waals surface area contributed by atoms with Gasteiger partial charge in [-0.25, -0.2) is 13.2 Å². The summed E-state index contributed by atoms with van der Waals surface area (Å²) in [6.07, 6.45) is 1.12. The number of benzene rings is 2. The first-order valence-electron chi connectivity index (χ1n) is 9.48. The second-order valence-electron chi connectivity index (χ2n) is 7.25. The van der Waals surface area contributed by atoms with Gasteiger partial charge in [0.15, 0.2) is 16.4 Å². The second kappa shape index (κ2) is 8.31. The summed E-state index contributed by atoms with van der Waals surface area (Å²) in [5.41, 5.74) is 0.380. The molecule has 0 unspecified atom stereocenters. The number of rotatable bonds is 6. The molecule has 6 nitrogen and oxygen atoms in total. The van der Waals surface area contributed by atoms with Gasteiger partial charge >= 0.3 is 5.97 Å². The van der Waals surface area contributed by atoms with E-state index in [1.807, 2.05) is 44.2 Å². The maximum Gasteiger partial charge on any atom is 0.338 e. The molecule has 1 aliphatic rings. The van der Waals surface area contributed by atoms with E-state index in [9.17, 15) is 18.0 Å². The van der Waals surface area contributed by atoms with Gasteiger partial charge in [0.1, 0.15) is 0 Å². The van der Waals surface area contributed by atoms with Crippen molar-refractivity contribution >= 4 is 32.5 Å². The fourth-order valence-corrected chi connectivity index (χ4v) is 5.31. The molecule has 0 radical (unpaired) electrons. The van der Waals surface area contributed by atoms with Crippen LogP contribution in [0.1, 0.15) is 37.0 Å². The molecule has 0 N–H and O–H groups in total. The van der Waals surface area contributed by atoms with Crippen molar-refractivity contribution in [1.82, 2.24) is 4.90 Å². The van der Waals surface area contributed by atoms with Crippen molar-refractivity contribution in [3.05, 3.63) is 48.0 Å². The summed E-state index contributed by atoms with van der Waals surface area (Å²) in [7, 11) is -3.11. The van der Waals surface area contributed by atoms with Crippen LogP contribution in [-0.4, -0.2) is 55.4 Å². The molecule has 0 bridgehead atoms. The maximum absolute atomic E-state index is 12.7. The average molecular weight is 404 g/mol. The molecule has 1 heterocycles. The lowest BCUT2D eigenvalue weighted by atomic mass is 10.1. The molecule has 7 heteroatoms. The van der Waals surface area contributed by atoms with Crippen LogP contribution in [-0.2, 0) is 19.4 Å². The normalized spacial score (nSPS) is 19.3. The molecule has 0 spiro atoms. The van der Waals surface area contributed by atoms with E-state index < -0.39 is 22.4 Å². The zero-order chi connectivity index (χ0) is 20.3. The molecule has 2 atom stereocenters. The molecule has 150 valence electrons. The Hall–Kier alpha value is -2.41. The summed E-state index contributed by atoms with van der Waals surface area (Å²) in [4.78, 5) is 26.7. The van der Waals surface area contributed by atoms with Gasteiger partial charge in [0.25, 0.3) is 5.91 Å². The lowest BCUT2D eigenvalue weighted by Gasteiger charge is -2.33. The number of fused-ring (bicyclic) bond motifs is 1. The van der Waals surface area contributed by atoms with Crippen LogP contribution in [0.15, 0.2) is 42.5 Å². The quantitative estimate of drug-likeness (QED) is 0.693. The van der Waals surface area contributed by atoms with E-state index in [0.29, 0.717) is 18.4 Å². The molecular formula is C21H25NO5S. The molecule has 28 heavy (non-hydrogen) atoms. The number of ether oxygens (including phenoxy) is 1. The Labute approximate surface area is 165 Å². The fraction of sp³-hybridized carbons (Fsp3) is 0.429. The number of carbonyl (C=O) groups excluding carboxylic acids is 2. The summed E-state index contributed by atoms with van der Waals surface area (Å²) >= 11 is 0. The van der Waals surface area contributed by atoms with Crippen LogP contribution in [0.4, 0.5) is 0 Å². The van der Waals surface area contributed by atoms with Gasteiger partial charge in [-0.1, -0.05) is 37.3 Å². The summed E-state index contributed by atoms with van der Waals surface area (Å²) in [5, 5.41) is 1.93. The van der Waals surface area contributed by atoms with E-state index in [1.54, 1.807) is 17.0 Å². The number of sulfone groups is 1. The second-order valence-corrected chi connectivity index (χ2v) is 9.48. The SMILES string of the molecule is CC[C@H](C)N(C(=O)COC(=O)c1ccc2ccccc2c1)[C@@H]1CCS(=O)(=O)C1. The zero-order valence-corrected chi connectivity index (χ0v) is 16.9. The van der Waals surface area contributed by atoms with Gasteiger partial charge in [0.2, 0.25) is 0 Å². The summed E-state index contributed by atoms with van der Waals surface area (Å²) in [6.45, 7) is 3.43. The van der Waals surface area contributed by atoms with E-state index >= 15 is 0 Å². The number of nitrogens with zero attached hydrogens (tertiary/aromatic N) is 1. The van der Waals surface area contributed by atoms with Crippen molar-refractivity contribution in [3.63, 3.8) is 0 Å². The monoisotopic (exact) mass is 403 g/mol. The van der Waals surface area contributed by atoms with Crippen LogP contribution in [0.25, 0.3) is 10.8 Å². The minimum atomic E-state index is -3.11. The van der Waals surface area contributed by atoms with Crippen LogP contribution < -0.4 is 0 Å². The molecule has 0 aliphatic carbocycles. The molecule has 1 saturated heterocycles. The Morgan fingerprint density at radius 3 is 2.54 bits per heavy atom. The molecule has 0 aromatic heterocycles. The lowest BCUT2D eigenvalue weighted by molar-refractivity contribution is -0.138. The molecule has 0 saturated carbocycles. The van der Waals surface area contributed by atoms with Crippen molar-refractivity contribution < 1.29 is 22.7 Å². The smallest absolute Gasteiger partial charge is 0.338 e. The first-order chi connectivity index (χ1) is 13.3. The Morgan fingerprint density at radius 1 is 1.18 bits per heavy atom. The Morgan fingerprint density at radius 2 is 1.89 bits per heavy atom. The molecular weight excluding hydrogens is 378 g/mol. The van der Waals surface area contributed by atoms with Crippen molar-refractivity contribution in [2.75, 3.05) is 18.1 Å². The maximum atomic E-state index is 12.7. The standard InChI is InChI=1S/C21H25NO5S/c1-3-15(2)22(19-10-11-28(25,26)14-19)20(23)13-27-21(24)18-9-8-16-6-4-5-7-17(16)12-18/h4-9,12,15,19H,3,10-11,13-14H2,1-2H3/t15-,19+/m0/s1. The van der Waals surface area contributed by atoms with Crippen molar-refractivity contribution in [2.45, 2.75) is 38.8 Å². The molecule has 1 amide bonds. The zero-order valence-electron chi connectivity index (χ0n) is 16.1. The molecule has 1 aliphatic heterocycles. The fourth-order valence-electron chi connectivity index (χ4n) is 3.60. The van der Waals surface area contributed by atoms with Gasteiger partial charge in [-0.05, 0) is 42.7 Å². The minimum Gasteiger partial charge on any atom is -0.452 e. The number of hydrogen-bond acceptors (Lipinski definition) is 5. The topological polar surface area (TPSA) is 80.8 Å². The predicted molar refractivity (Wildman–Crippen MR) is 108 cm³/mol. The predicted octanol–water partition coefficient (Wildman–Crippen LogP) is 2.81. The summed E-state index contributed by atoms with van der Waals surface area (Å²) in [5.74, 6) is -0.857. The first kappa shape index (κ1) is 20.3. The van der Waals surface area contributed by atoms with Crippen LogP contribution >= 0.6 is 0 Å². The molecule has 2 aromatic rings. The number of hydrogen-bond donors (Lipinski definition) is 0. The van der Waals surface area contributed by atoms with Crippen molar-refractivity contribution in [3.8, 4) is 0 Å². The highest BCUT2D eigenvalue weighted by molar-refractivity contribution is 7.91. The lowest BCUT2D eigenvalue weighted by Crippen LogP contribution is -2.48. The first-order valence-corrected chi connectivity index (χ1v) is 11.3. The summed E-state index contributed by atoms with van der Waals surface area (Å²) < 4.78 is 28.9. The minimum absolute atomic E-state index is 0.0261. The van der Waals surface area contributed by atoms with Gasteiger partial charge in [0, 0.05) is 12.1 Å². The third-order valence-corrected chi connectivity index (χ3v) is 7.02. The van der Waals surface area contributed by atoms with E-state index in [4.69, 9.17) is 4.74 Å². The Balaban J connectivity index is 1.68. The average Bonchev–Trinajstić information content (AvgIpc) is 3.04. The summed E-state index contributed by atoms with van der Waals surface area (Å²) in [6, 6.07) is 12.4. The van der Waals surface area contributed by atoms with Gasteiger partial charge in [-0.15, -0.1) is 0 Å². The number of esters is 1. The van der Waals surface area contributed by atoms with Gasteiger partial charge < -0.3 is 9.64 Å². The highest BCUT2D eigenvalue weighted by Gasteiger charge is 2.36. The van der Waals surface area contributed by atoms with Crippen molar-refractivity contribution in [2.24, 2.45) is 0 Å². The van der Waals surface area contributed by atoms with E-state index in [0.717, 1.165) is 10.8 Å². The van der Waals surface area contributed by atoms with Crippen LogP contribution in [0, 0.1) is 0 Å².